The van der Waals surface area contributed by atoms with E-state index in [0.717, 1.165) is 0 Å². The van der Waals surface area contributed by atoms with Crippen LogP contribution in [0.2, 0.25) is 0 Å². The highest BCUT2D eigenvalue weighted by molar-refractivity contribution is 14.0. The minimum Gasteiger partial charge on any atom is -0.356 e. The van der Waals surface area contributed by atoms with Crippen LogP contribution in [-0.4, -0.2) is 32.3 Å². The number of alkyl halides is 3. The molecule has 0 saturated heterocycles. The van der Waals surface area contributed by atoms with Crippen molar-refractivity contribution in [3.05, 3.63) is 12.7 Å². The van der Waals surface area contributed by atoms with Gasteiger partial charge in [0.25, 0.3) is 0 Å². The fraction of sp³-hybridized carbons (Fsp3) is 0.769. The highest BCUT2D eigenvalue weighted by atomic mass is 127. The van der Waals surface area contributed by atoms with Gasteiger partial charge in [0.05, 0.1) is 5.92 Å². The Hall–Kier alpha value is -0.470. The number of guanidine groups is 1. The molecule has 1 saturated carbocycles. The summed E-state index contributed by atoms with van der Waals surface area (Å²) in [5.74, 6) is -0.152. The Bertz CT molecular complexity index is 310. The lowest BCUT2D eigenvalue weighted by atomic mass is 9.81. The van der Waals surface area contributed by atoms with Gasteiger partial charge in [0.2, 0.25) is 0 Å². The number of nitrogens with one attached hydrogen (secondary N) is 2. The van der Waals surface area contributed by atoms with E-state index in [0.29, 0.717) is 37.8 Å². The maximum Gasteiger partial charge on any atom is 0.391 e. The van der Waals surface area contributed by atoms with Crippen molar-refractivity contribution in [1.82, 2.24) is 10.6 Å². The Morgan fingerprint density at radius 1 is 1.25 bits per heavy atom. The molecule has 7 heteroatoms. The fourth-order valence-electron chi connectivity index (χ4n) is 2.32. The lowest BCUT2D eigenvalue weighted by Gasteiger charge is -2.30. The largest absolute Gasteiger partial charge is 0.391 e. The monoisotopic (exact) mass is 405 g/mol. The van der Waals surface area contributed by atoms with E-state index in [2.05, 4.69) is 22.2 Å². The van der Waals surface area contributed by atoms with Gasteiger partial charge in [-0.15, -0.1) is 30.6 Å². The van der Waals surface area contributed by atoms with E-state index in [9.17, 15) is 13.2 Å². The molecular formula is C13H23F3IN3. The molecule has 0 radical (unpaired) electrons. The van der Waals surface area contributed by atoms with Crippen molar-refractivity contribution >= 4 is 29.9 Å². The van der Waals surface area contributed by atoms with Gasteiger partial charge in [0, 0.05) is 20.1 Å². The number of rotatable bonds is 4. The van der Waals surface area contributed by atoms with Gasteiger partial charge in [-0.25, -0.2) is 0 Å². The molecule has 1 fully saturated rings. The Kier molecular flexibility index (Phi) is 9.24. The molecule has 0 atom stereocenters. The maximum absolute atomic E-state index is 12.5. The first-order valence-corrected chi connectivity index (χ1v) is 6.59. The standard InChI is InChI=1S/C13H22F3N3.HI/c1-3-8-18-12(17-2)19-9-10-4-6-11(7-5-10)13(14,15)16;/h3,10-11H,1,4-9H2,2H3,(H2,17,18,19);1H. The second-order valence-corrected chi connectivity index (χ2v) is 4.88. The van der Waals surface area contributed by atoms with E-state index in [1.165, 1.54) is 0 Å². The number of hydrogen-bond acceptors (Lipinski definition) is 1. The van der Waals surface area contributed by atoms with Crippen LogP contribution < -0.4 is 10.6 Å². The molecule has 0 aromatic rings. The number of halogens is 4. The zero-order valence-electron chi connectivity index (χ0n) is 11.7. The molecule has 0 amide bonds. The first-order chi connectivity index (χ1) is 8.97. The van der Waals surface area contributed by atoms with Crippen molar-refractivity contribution in [2.45, 2.75) is 31.9 Å². The molecule has 0 aromatic heterocycles. The van der Waals surface area contributed by atoms with E-state index in [-0.39, 0.29) is 36.8 Å². The summed E-state index contributed by atoms with van der Waals surface area (Å²) in [5.41, 5.74) is 0. The molecule has 0 aromatic carbocycles. The summed E-state index contributed by atoms with van der Waals surface area (Å²) in [5, 5.41) is 6.17. The number of hydrogen-bond donors (Lipinski definition) is 2. The van der Waals surface area contributed by atoms with E-state index >= 15 is 0 Å². The maximum atomic E-state index is 12.5. The predicted molar refractivity (Wildman–Crippen MR) is 86.5 cm³/mol. The summed E-state index contributed by atoms with van der Waals surface area (Å²) in [4.78, 5) is 4.03. The van der Waals surface area contributed by atoms with Gasteiger partial charge in [-0.3, -0.25) is 4.99 Å². The van der Waals surface area contributed by atoms with Crippen molar-refractivity contribution in [1.29, 1.82) is 0 Å². The molecule has 2 N–H and O–H groups in total. The third-order valence-corrected chi connectivity index (χ3v) is 3.51. The first-order valence-electron chi connectivity index (χ1n) is 6.59. The van der Waals surface area contributed by atoms with Crippen LogP contribution in [-0.2, 0) is 0 Å². The molecule has 0 unspecified atom stereocenters. The molecule has 20 heavy (non-hydrogen) atoms. The van der Waals surface area contributed by atoms with Gasteiger partial charge in [-0.05, 0) is 31.6 Å². The zero-order chi connectivity index (χ0) is 14.3. The highest BCUT2D eigenvalue weighted by Gasteiger charge is 2.41. The topological polar surface area (TPSA) is 36.4 Å². The number of nitrogens with zero attached hydrogens (tertiary/aromatic N) is 1. The molecular weight excluding hydrogens is 382 g/mol. The minimum atomic E-state index is -4.03. The summed E-state index contributed by atoms with van der Waals surface area (Å²) >= 11 is 0. The molecule has 1 aliphatic carbocycles. The van der Waals surface area contributed by atoms with Crippen LogP contribution in [0.4, 0.5) is 13.2 Å². The summed E-state index contributed by atoms with van der Waals surface area (Å²) in [7, 11) is 1.67. The second kappa shape index (κ2) is 9.46. The van der Waals surface area contributed by atoms with Crippen LogP contribution in [0, 0.1) is 11.8 Å². The van der Waals surface area contributed by atoms with Gasteiger partial charge in [-0.1, -0.05) is 6.08 Å². The third-order valence-electron chi connectivity index (χ3n) is 3.51. The minimum absolute atomic E-state index is 0. The van der Waals surface area contributed by atoms with Crippen molar-refractivity contribution in [2.75, 3.05) is 20.1 Å². The fourth-order valence-corrected chi connectivity index (χ4v) is 2.32. The van der Waals surface area contributed by atoms with Crippen LogP contribution in [0.15, 0.2) is 17.6 Å². The molecule has 0 bridgehead atoms. The Labute approximate surface area is 135 Å². The Balaban J connectivity index is 0.00000361. The first kappa shape index (κ1) is 19.5. The van der Waals surface area contributed by atoms with E-state index in [1.807, 2.05) is 0 Å². The van der Waals surface area contributed by atoms with Crippen molar-refractivity contribution in [2.24, 2.45) is 16.8 Å². The van der Waals surface area contributed by atoms with E-state index in [1.54, 1.807) is 13.1 Å². The van der Waals surface area contributed by atoms with E-state index < -0.39 is 12.1 Å². The molecule has 3 nitrogen and oxygen atoms in total. The van der Waals surface area contributed by atoms with Crippen LogP contribution in [0.5, 0.6) is 0 Å². The Morgan fingerprint density at radius 3 is 2.30 bits per heavy atom. The summed E-state index contributed by atoms with van der Waals surface area (Å²) in [6.45, 7) is 4.88. The van der Waals surface area contributed by atoms with Gasteiger partial charge in [0.15, 0.2) is 5.96 Å². The molecule has 0 heterocycles. The van der Waals surface area contributed by atoms with Gasteiger partial charge in [0.1, 0.15) is 0 Å². The molecule has 1 rings (SSSR count). The van der Waals surface area contributed by atoms with Crippen LogP contribution in [0.1, 0.15) is 25.7 Å². The normalized spacial score (nSPS) is 23.7. The number of aliphatic imine (C=N–C) groups is 1. The molecule has 0 spiro atoms. The summed E-state index contributed by atoms with van der Waals surface area (Å²) < 4.78 is 37.6. The van der Waals surface area contributed by atoms with Gasteiger partial charge >= 0.3 is 6.18 Å². The van der Waals surface area contributed by atoms with Crippen LogP contribution in [0.25, 0.3) is 0 Å². The van der Waals surface area contributed by atoms with Gasteiger partial charge < -0.3 is 10.6 Å². The lowest BCUT2D eigenvalue weighted by molar-refractivity contribution is -0.183. The SMILES string of the molecule is C=CCNC(=NC)NCC1CCC(C(F)(F)F)CC1.I. The Morgan fingerprint density at radius 2 is 1.85 bits per heavy atom. The lowest BCUT2D eigenvalue weighted by Crippen LogP contribution is -2.41. The second-order valence-electron chi connectivity index (χ2n) is 4.88. The molecule has 0 aliphatic heterocycles. The predicted octanol–water partition coefficient (Wildman–Crippen LogP) is 3.32. The molecule has 1 aliphatic rings. The highest BCUT2D eigenvalue weighted by Crippen LogP contribution is 2.39. The van der Waals surface area contributed by atoms with Crippen LogP contribution in [0.3, 0.4) is 0 Å². The smallest absolute Gasteiger partial charge is 0.356 e. The average molecular weight is 405 g/mol. The van der Waals surface area contributed by atoms with Crippen LogP contribution >= 0.6 is 24.0 Å². The van der Waals surface area contributed by atoms with Crippen molar-refractivity contribution in [3.63, 3.8) is 0 Å². The average Bonchev–Trinajstić information content (AvgIpc) is 2.38. The van der Waals surface area contributed by atoms with Gasteiger partial charge in [-0.2, -0.15) is 13.2 Å². The zero-order valence-corrected chi connectivity index (χ0v) is 14.0. The summed E-state index contributed by atoms with van der Waals surface area (Å²) in [6, 6.07) is 0. The molecule has 118 valence electrons. The van der Waals surface area contributed by atoms with Crippen molar-refractivity contribution < 1.29 is 13.2 Å². The summed E-state index contributed by atoms with van der Waals surface area (Å²) in [6.07, 6.45) is -0.574. The van der Waals surface area contributed by atoms with E-state index in [4.69, 9.17) is 0 Å². The quantitative estimate of drug-likeness (QED) is 0.326. The van der Waals surface area contributed by atoms with Crippen molar-refractivity contribution in [3.8, 4) is 0 Å². The third kappa shape index (κ3) is 6.81.